The van der Waals surface area contributed by atoms with Crippen molar-refractivity contribution in [2.75, 3.05) is 11.9 Å². The first-order chi connectivity index (χ1) is 12.6. The number of hydrogen-bond acceptors (Lipinski definition) is 1. The molecule has 0 fully saturated rings. The summed E-state index contributed by atoms with van der Waals surface area (Å²) >= 11 is 0. The number of para-hydroxylation sites is 1. The number of nitrogens with zero attached hydrogens (tertiary/aromatic N) is 1. The number of rotatable bonds is 3. The zero-order chi connectivity index (χ0) is 18.1. The van der Waals surface area contributed by atoms with Gasteiger partial charge in [0.1, 0.15) is 11.6 Å². The van der Waals surface area contributed by atoms with Crippen molar-refractivity contribution in [1.29, 1.82) is 0 Å². The van der Waals surface area contributed by atoms with Crippen LogP contribution in [0.4, 0.5) is 20.2 Å². The van der Waals surface area contributed by atoms with E-state index in [1.54, 1.807) is 37.4 Å². The summed E-state index contributed by atoms with van der Waals surface area (Å²) in [6, 6.07) is 25.5. The third kappa shape index (κ3) is 2.92. The van der Waals surface area contributed by atoms with Gasteiger partial charge in [0, 0.05) is 7.05 Å². The molecule has 4 rings (SSSR count). The van der Waals surface area contributed by atoms with Crippen molar-refractivity contribution in [1.82, 2.24) is 0 Å². The fourth-order valence-corrected chi connectivity index (χ4v) is 3.17. The standard InChI is InChI=1S/C23H17F2N/c1-26(22-9-5-4-8-20(22)24)23-15-19(12-13-21(23)25)18-11-10-16-6-2-3-7-17(16)14-18/h2-15H,1H3. The summed E-state index contributed by atoms with van der Waals surface area (Å²) in [4.78, 5) is 1.54. The van der Waals surface area contributed by atoms with Gasteiger partial charge in [-0.1, -0.05) is 54.6 Å². The van der Waals surface area contributed by atoms with Gasteiger partial charge in [-0.3, -0.25) is 0 Å². The van der Waals surface area contributed by atoms with E-state index >= 15 is 0 Å². The van der Waals surface area contributed by atoms with Crippen LogP contribution < -0.4 is 4.90 Å². The Morgan fingerprint density at radius 3 is 2.00 bits per heavy atom. The van der Waals surface area contributed by atoms with Crippen molar-refractivity contribution in [2.24, 2.45) is 0 Å². The van der Waals surface area contributed by atoms with Gasteiger partial charge < -0.3 is 4.90 Å². The molecule has 0 bridgehead atoms. The Labute approximate surface area is 151 Å². The first-order valence-electron chi connectivity index (χ1n) is 8.40. The molecule has 0 aliphatic heterocycles. The third-order valence-corrected chi connectivity index (χ3v) is 4.60. The fraction of sp³-hybridized carbons (Fsp3) is 0.0435. The number of benzene rings is 4. The lowest BCUT2D eigenvalue weighted by Gasteiger charge is -2.21. The van der Waals surface area contributed by atoms with Crippen molar-refractivity contribution < 1.29 is 8.78 Å². The summed E-state index contributed by atoms with van der Waals surface area (Å²) in [5, 5.41) is 2.28. The summed E-state index contributed by atoms with van der Waals surface area (Å²) in [7, 11) is 1.67. The van der Waals surface area contributed by atoms with Crippen LogP contribution in [0.5, 0.6) is 0 Å². The molecular weight excluding hydrogens is 328 g/mol. The average Bonchev–Trinajstić information content (AvgIpc) is 2.68. The summed E-state index contributed by atoms with van der Waals surface area (Å²) < 4.78 is 28.5. The van der Waals surface area contributed by atoms with Crippen LogP contribution in [-0.4, -0.2) is 7.05 Å². The van der Waals surface area contributed by atoms with Gasteiger partial charge in [0.15, 0.2) is 0 Å². The molecular formula is C23H17F2N. The molecule has 4 aromatic carbocycles. The second-order valence-electron chi connectivity index (χ2n) is 6.24. The summed E-state index contributed by atoms with van der Waals surface area (Å²) in [6.07, 6.45) is 0. The molecule has 0 N–H and O–H groups in total. The minimum Gasteiger partial charge on any atom is -0.340 e. The summed E-state index contributed by atoms with van der Waals surface area (Å²) in [5.74, 6) is -0.772. The highest BCUT2D eigenvalue weighted by Crippen LogP contribution is 2.33. The second kappa shape index (κ2) is 6.60. The van der Waals surface area contributed by atoms with Crippen LogP contribution in [0.2, 0.25) is 0 Å². The van der Waals surface area contributed by atoms with E-state index < -0.39 is 0 Å². The van der Waals surface area contributed by atoms with Crippen molar-refractivity contribution in [3.8, 4) is 11.1 Å². The Balaban J connectivity index is 1.79. The molecule has 0 spiro atoms. The number of halogens is 2. The molecule has 0 aromatic heterocycles. The van der Waals surface area contributed by atoms with Crippen molar-refractivity contribution in [3.05, 3.63) is 96.6 Å². The van der Waals surface area contributed by atoms with Crippen LogP contribution in [0.1, 0.15) is 0 Å². The Bertz CT molecular complexity index is 1090. The van der Waals surface area contributed by atoms with Crippen LogP contribution in [0, 0.1) is 11.6 Å². The Morgan fingerprint density at radius 2 is 1.19 bits per heavy atom. The number of anilines is 2. The topological polar surface area (TPSA) is 3.24 Å². The predicted molar refractivity (Wildman–Crippen MR) is 104 cm³/mol. The molecule has 0 aliphatic rings. The van der Waals surface area contributed by atoms with Gasteiger partial charge in [-0.2, -0.15) is 0 Å². The molecule has 0 radical (unpaired) electrons. The third-order valence-electron chi connectivity index (χ3n) is 4.60. The molecule has 0 atom stereocenters. The molecule has 0 amide bonds. The Morgan fingerprint density at radius 1 is 0.577 bits per heavy atom. The highest BCUT2D eigenvalue weighted by atomic mass is 19.1. The zero-order valence-corrected chi connectivity index (χ0v) is 14.3. The first-order valence-corrected chi connectivity index (χ1v) is 8.40. The molecule has 26 heavy (non-hydrogen) atoms. The lowest BCUT2D eigenvalue weighted by atomic mass is 10.0. The van der Waals surface area contributed by atoms with E-state index in [0.717, 1.165) is 21.9 Å². The van der Waals surface area contributed by atoms with Gasteiger partial charge in [0.25, 0.3) is 0 Å². The molecule has 0 aliphatic carbocycles. The van der Waals surface area contributed by atoms with Gasteiger partial charge in [0.05, 0.1) is 11.4 Å². The van der Waals surface area contributed by atoms with Gasteiger partial charge in [-0.25, -0.2) is 8.78 Å². The first kappa shape index (κ1) is 16.3. The molecule has 0 saturated carbocycles. The van der Waals surface area contributed by atoms with E-state index in [9.17, 15) is 8.78 Å². The maximum absolute atomic E-state index is 14.4. The molecule has 0 saturated heterocycles. The lowest BCUT2D eigenvalue weighted by Crippen LogP contribution is -2.12. The second-order valence-corrected chi connectivity index (χ2v) is 6.24. The van der Waals surface area contributed by atoms with Crippen molar-refractivity contribution >= 4 is 22.1 Å². The van der Waals surface area contributed by atoms with E-state index in [0.29, 0.717) is 11.4 Å². The lowest BCUT2D eigenvalue weighted by molar-refractivity contribution is 0.617. The minimum atomic E-state index is -0.389. The van der Waals surface area contributed by atoms with Crippen LogP contribution >= 0.6 is 0 Å². The molecule has 1 nitrogen and oxygen atoms in total. The molecule has 0 unspecified atom stereocenters. The zero-order valence-electron chi connectivity index (χ0n) is 14.3. The molecule has 3 heteroatoms. The van der Waals surface area contributed by atoms with E-state index in [1.165, 1.54) is 17.0 Å². The smallest absolute Gasteiger partial charge is 0.146 e. The fourth-order valence-electron chi connectivity index (χ4n) is 3.17. The van der Waals surface area contributed by atoms with Gasteiger partial charge >= 0.3 is 0 Å². The SMILES string of the molecule is CN(c1ccccc1F)c1cc(-c2ccc3ccccc3c2)ccc1F. The van der Waals surface area contributed by atoms with Crippen LogP contribution in [0.25, 0.3) is 21.9 Å². The number of fused-ring (bicyclic) bond motifs is 1. The highest BCUT2D eigenvalue weighted by Gasteiger charge is 2.14. The van der Waals surface area contributed by atoms with E-state index in [4.69, 9.17) is 0 Å². The number of hydrogen-bond donors (Lipinski definition) is 0. The Kier molecular flexibility index (Phi) is 4.13. The van der Waals surface area contributed by atoms with Crippen LogP contribution in [0.15, 0.2) is 84.9 Å². The van der Waals surface area contributed by atoms with Gasteiger partial charge in [-0.05, 0) is 52.2 Å². The summed E-state index contributed by atoms with van der Waals surface area (Å²) in [6.45, 7) is 0. The van der Waals surface area contributed by atoms with Gasteiger partial charge in [0.2, 0.25) is 0 Å². The van der Waals surface area contributed by atoms with Crippen LogP contribution in [0.3, 0.4) is 0 Å². The maximum atomic E-state index is 14.4. The normalized spacial score (nSPS) is 10.9. The molecule has 128 valence electrons. The monoisotopic (exact) mass is 345 g/mol. The van der Waals surface area contributed by atoms with Crippen LogP contribution in [-0.2, 0) is 0 Å². The van der Waals surface area contributed by atoms with Crippen molar-refractivity contribution in [2.45, 2.75) is 0 Å². The minimum absolute atomic E-state index is 0.334. The summed E-state index contributed by atoms with van der Waals surface area (Å²) in [5.41, 5.74) is 2.55. The van der Waals surface area contributed by atoms with Gasteiger partial charge in [-0.15, -0.1) is 0 Å². The van der Waals surface area contributed by atoms with E-state index in [-0.39, 0.29) is 11.6 Å². The van der Waals surface area contributed by atoms with Crippen molar-refractivity contribution in [3.63, 3.8) is 0 Å². The largest absolute Gasteiger partial charge is 0.340 e. The Hall–Kier alpha value is -3.20. The molecule has 0 heterocycles. The van der Waals surface area contributed by atoms with E-state index in [2.05, 4.69) is 18.2 Å². The maximum Gasteiger partial charge on any atom is 0.146 e. The molecule has 4 aromatic rings. The highest BCUT2D eigenvalue weighted by molar-refractivity contribution is 5.87. The van der Waals surface area contributed by atoms with E-state index in [1.807, 2.05) is 24.3 Å². The average molecular weight is 345 g/mol. The quantitative estimate of drug-likeness (QED) is 0.407. The predicted octanol–water partition coefficient (Wildman–Crippen LogP) is 6.55.